The van der Waals surface area contributed by atoms with E-state index in [1.54, 1.807) is 61.7 Å². The third-order valence-corrected chi connectivity index (χ3v) is 14.0. The van der Waals surface area contributed by atoms with Gasteiger partial charge in [0.2, 0.25) is 23.6 Å². The van der Waals surface area contributed by atoms with E-state index in [1.807, 2.05) is 6.92 Å². The van der Waals surface area contributed by atoms with Crippen LogP contribution in [0.25, 0.3) is 22.3 Å². The first-order chi connectivity index (χ1) is 38.8. The van der Waals surface area contributed by atoms with Gasteiger partial charge in [0.15, 0.2) is 5.60 Å². The van der Waals surface area contributed by atoms with E-state index in [-0.39, 0.29) is 93.2 Å². The number of esters is 1. The molecule has 0 saturated heterocycles. The minimum absolute atomic E-state index is 0.0127. The summed E-state index contributed by atoms with van der Waals surface area (Å²) in [6.45, 7) is 6.74. The molecule has 0 radical (unpaired) electrons. The van der Waals surface area contributed by atoms with Gasteiger partial charge in [-0.3, -0.25) is 33.6 Å². The molecule has 0 fully saturated rings. The van der Waals surface area contributed by atoms with Crippen molar-refractivity contribution in [3.63, 3.8) is 0 Å². The van der Waals surface area contributed by atoms with Crippen molar-refractivity contribution in [2.75, 3.05) is 39.0 Å². The average Bonchev–Trinajstić information content (AvgIpc) is 3.90. The number of pyridine rings is 2. The molecule has 4 aromatic rings. The third-order valence-electron chi connectivity index (χ3n) is 14.0. The number of hydrogen-bond donors (Lipinski definition) is 9. The van der Waals surface area contributed by atoms with Crippen molar-refractivity contribution < 1.29 is 77.5 Å². The fourth-order valence-corrected chi connectivity index (χ4v) is 9.30. The number of nitrogens with two attached hydrogens (primary N) is 1. The second-order valence-corrected chi connectivity index (χ2v) is 20.2. The molecule has 27 nitrogen and oxygen atoms in total. The summed E-state index contributed by atoms with van der Waals surface area (Å²) in [6.07, 6.45) is -2.63. The largest absolute Gasteiger partial charge is 0.481 e. The van der Waals surface area contributed by atoms with Crippen LogP contribution in [0.15, 0.2) is 53.3 Å². The molecule has 8 amide bonds. The lowest BCUT2D eigenvalue weighted by atomic mass is 9.86. The number of cyclic esters (lactones) is 1. The normalized spacial score (nSPS) is 15.0. The van der Waals surface area contributed by atoms with Gasteiger partial charge in [-0.2, -0.15) is 0 Å². The Balaban J connectivity index is 1.01. The summed E-state index contributed by atoms with van der Waals surface area (Å²) in [5.41, 5.74) is 7.36. The van der Waals surface area contributed by atoms with Crippen LogP contribution in [0.1, 0.15) is 100 Å². The Bertz CT molecular complexity index is 3200. The number of carboxylic acids is 2. The molecule has 2 aromatic heterocycles. The van der Waals surface area contributed by atoms with E-state index in [0.717, 1.165) is 11.1 Å². The first kappa shape index (κ1) is 62.1. The molecule has 2 aliphatic rings. The van der Waals surface area contributed by atoms with Crippen LogP contribution in [0.4, 0.5) is 20.1 Å². The molecule has 4 atom stereocenters. The van der Waals surface area contributed by atoms with Gasteiger partial charge in [-0.1, -0.05) is 39.8 Å². The van der Waals surface area contributed by atoms with Crippen molar-refractivity contribution in [2.24, 2.45) is 11.7 Å². The summed E-state index contributed by atoms with van der Waals surface area (Å²) in [6, 6.07) is 8.10. The predicted molar refractivity (Wildman–Crippen MR) is 292 cm³/mol. The number of aromatic nitrogens is 2. The van der Waals surface area contributed by atoms with E-state index in [9.17, 15) is 63.0 Å². The maximum absolute atomic E-state index is 13.7. The van der Waals surface area contributed by atoms with Crippen LogP contribution < -0.4 is 42.6 Å². The number of carbonyl (C=O) groups excluding carboxylic acids is 8. The first-order valence-corrected chi connectivity index (χ1v) is 26.6. The molecule has 4 heterocycles. The molecule has 2 aromatic carbocycles. The van der Waals surface area contributed by atoms with Crippen LogP contribution in [-0.4, -0.2) is 146 Å². The minimum atomic E-state index is -1.96. The van der Waals surface area contributed by atoms with Gasteiger partial charge in [0, 0.05) is 68.8 Å². The number of benzene rings is 2. The number of carbonyl (C=O) groups is 10. The summed E-state index contributed by atoms with van der Waals surface area (Å²) >= 11 is 0. The quantitative estimate of drug-likeness (QED) is 0.0284. The van der Waals surface area contributed by atoms with Crippen LogP contribution in [-0.2, 0) is 74.8 Å². The second kappa shape index (κ2) is 27.3. The molecule has 0 spiro atoms. The number of aliphatic hydroxyl groups is 1. The molecular formula is C55H68N10O17. The molecule has 2 aliphatic heterocycles. The number of nitrogens with one attached hydrogen (secondary N) is 5. The number of nitrogens with zero attached hydrogens (tertiary/aromatic N) is 4. The van der Waals surface area contributed by atoms with E-state index in [4.69, 9.17) is 30.0 Å². The molecule has 6 rings (SSSR count). The molecule has 10 N–H and O–H groups in total. The van der Waals surface area contributed by atoms with E-state index >= 15 is 0 Å². The summed E-state index contributed by atoms with van der Waals surface area (Å²) in [4.78, 5) is 147. The fraction of sp³-hybridized carbons (Fsp3) is 0.455. The number of primary amides is 1. The molecule has 0 bridgehead atoms. The van der Waals surface area contributed by atoms with Crippen LogP contribution in [0.3, 0.4) is 0 Å². The molecule has 0 aliphatic carbocycles. The van der Waals surface area contributed by atoms with Crippen molar-refractivity contribution >= 4 is 76.3 Å². The molecule has 0 unspecified atom stereocenters. The van der Waals surface area contributed by atoms with Crippen LogP contribution in [0.2, 0.25) is 0 Å². The number of aliphatic carboxylic acids is 2. The van der Waals surface area contributed by atoms with Gasteiger partial charge in [0.1, 0.15) is 37.1 Å². The number of anilines is 1. The number of hydrogen-bond acceptors (Lipinski definition) is 16. The smallest absolute Gasteiger partial charge is 0.415 e. The summed E-state index contributed by atoms with van der Waals surface area (Å²) in [5, 5.41) is 42.7. The lowest BCUT2D eigenvalue weighted by Crippen LogP contribution is -2.57. The Hall–Kier alpha value is -9.14. The van der Waals surface area contributed by atoms with E-state index in [2.05, 4.69) is 26.6 Å². The van der Waals surface area contributed by atoms with Gasteiger partial charge in [-0.25, -0.2) is 24.2 Å². The van der Waals surface area contributed by atoms with Crippen molar-refractivity contribution in [3.8, 4) is 17.1 Å². The number of ether oxygens (including phenoxy) is 3. The molecule has 440 valence electrons. The molecule has 82 heavy (non-hydrogen) atoms. The van der Waals surface area contributed by atoms with Gasteiger partial charge in [-0.05, 0) is 85.5 Å². The number of carboxylic acid groups (broad SMARTS) is 2. The lowest BCUT2D eigenvalue weighted by molar-refractivity contribution is -0.172. The zero-order valence-electron chi connectivity index (χ0n) is 46.3. The highest BCUT2D eigenvalue weighted by Crippen LogP contribution is 2.41. The van der Waals surface area contributed by atoms with E-state index < -0.39 is 109 Å². The highest BCUT2D eigenvalue weighted by Gasteiger charge is 2.45. The Morgan fingerprint density at radius 3 is 2.12 bits per heavy atom. The zero-order chi connectivity index (χ0) is 60.2. The fourth-order valence-electron chi connectivity index (χ4n) is 9.30. The van der Waals surface area contributed by atoms with Crippen molar-refractivity contribution in [1.29, 1.82) is 0 Å². The van der Waals surface area contributed by atoms with Gasteiger partial charge in [0.25, 0.3) is 5.56 Å². The average molecular weight is 1140 g/mol. The predicted octanol–water partition coefficient (Wildman–Crippen LogP) is 2.57. The number of aryl methyl sites for hydroxylation is 1. The number of fused-ring (bicyclic) bond motifs is 5. The maximum Gasteiger partial charge on any atom is 0.415 e. The zero-order valence-corrected chi connectivity index (χ0v) is 46.3. The topological polar surface area (TPSA) is 387 Å². The number of rotatable bonds is 26. The summed E-state index contributed by atoms with van der Waals surface area (Å²) in [7, 11) is 2.99. The van der Waals surface area contributed by atoms with Gasteiger partial charge in [0.05, 0.1) is 35.4 Å². The molecular weight excluding hydrogens is 1070 g/mol. The van der Waals surface area contributed by atoms with E-state index in [0.29, 0.717) is 34.3 Å². The van der Waals surface area contributed by atoms with Gasteiger partial charge >= 0.3 is 36.1 Å². The number of likely N-dealkylation sites (N-methyl/N-ethyl adjacent to an activating group) is 2. The van der Waals surface area contributed by atoms with E-state index in [1.165, 1.54) is 36.0 Å². The summed E-state index contributed by atoms with van der Waals surface area (Å²) < 4.78 is 18.0. The molecule has 27 heteroatoms. The standard InChI is InChI=1S/C55H68N10O17/c1-7-33-34-24-32(15-16-38(34)60-46-35(33)26-65-41(46)25-37-36(50(65)74)28-80-51(75)55(37,79)8-2)82-54(78)64(6)23-22-63(5)53(77)81-27-30-11-13-31(14-12-30)58-47(71)39(10-9-21-57-52(56)76)61-49(73)45(29(3)4)62-48(72)40(17-19-43(67)68)59-42(66)18-20-44(69)70/h11-16,24-25,29,39-40,45,79H,7-10,17-23,26-28H2,1-6H3,(H,58,71)(H,59,66)(H,61,73)(H,62,72)(H,67,68)(H,69,70)(H3,56,57,76)/t39-,40-,45-,55-/m0/s1. The highest BCUT2D eigenvalue weighted by atomic mass is 16.6. The van der Waals surface area contributed by atoms with Crippen molar-refractivity contribution in [2.45, 2.75) is 123 Å². The first-order valence-electron chi connectivity index (χ1n) is 26.6. The van der Waals surface area contributed by atoms with Crippen LogP contribution >= 0.6 is 0 Å². The lowest BCUT2D eigenvalue weighted by Gasteiger charge is -2.31. The number of amides is 8. The number of urea groups is 1. The monoisotopic (exact) mass is 1140 g/mol. The Labute approximate surface area is 470 Å². The van der Waals surface area contributed by atoms with Crippen molar-refractivity contribution in [1.82, 2.24) is 40.6 Å². The summed E-state index contributed by atoms with van der Waals surface area (Å²) in [5.74, 6) is -6.93. The third kappa shape index (κ3) is 15.2. The second-order valence-electron chi connectivity index (χ2n) is 20.2. The maximum atomic E-state index is 13.7. The SMILES string of the molecule is CCc1c2c(nc3ccc(OC(=O)N(C)CCN(C)C(=O)OCc4ccc(NC(=O)[C@H](CCCNC(N)=O)NC(=O)[C@@H](NC(=O)[C@H](CCC(=O)O)NC(=O)CCC(=O)O)C(C)C)cc4)cc13)-c1cc3c(c(=O)n1C2)COC(=O)[C@]3(O)CC. The van der Waals surface area contributed by atoms with Crippen LogP contribution in [0, 0.1) is 5.92 Å². The highest BCUT2D eigenvalue weighted by molar-refractivity contribution is 5.99. The Morgan fingerprint density at radius 1 is 0.817 bits per heavy atom. The molecule has 0 saturated carbocycles. The van der Waals surface area contributed by atoms with Gasteiger partial charge < -0.3 is 76.2 Å². The van der Waals surface area contributed by atoms with Crippen molar-refractivity contribution in [3.05, 3.63) is 86.7 Å². The van der Waals surface area contributed by atoms with Gasteiger partial charge in [-0.15, -0.1) is 0 Å². The Morgan fingerprint density at radius 2 is 1.49 bits per heavy atom. The van der Waals surface area contributed by atoms with Crippen LogP contribution in [0.5, 0.6) is 5.75 Å². The minimum Gasteiger partial charge on any atom is -0.481 e. The Kier molecular flexibility index (Phi) is 20.7.